The van der Waals surface area contributed by atoms with Crippen LogP contribution in [-0.2, 0) is 6.42 Å². The Kier molecular flexibility index (Phi) is 4.47. The molecular formula is C15H22ClN. The van der Waals surface area contributed by atoms with Crippen molar-refractivity contribution in [1.29, 1.82) is 0 Å². The molecule has 2 rings (SSSR count). The van der Waals surface area contributed by atoms with Crippen molar-refractivity contribution in [3.05, 3.63) is 34.3 Å². The van der Waals surface area contributed by atoms with Gasteiger partial charge in [-0.3, -0.25) is 0 Å². The van der Waals surface area contributed by atoms with Crippen molar-refractivity contribution in [2.75, 3.05) is 13.1 Å². The topological polar surface area (TPSA) is 12.0 Å². The minimum absolute atomic E-state index is 0.582. The Morgan fingerprint density at radius 1 is 1.41 bits per heavy atom. The van der Waals surface area contributed by atoms with Gasteiger partial charge >= 0.3 is 0 Å². The molecule has 0 bridgehead atoms. The van der Waals surface area contributed by atoms with E-state index in [1.54, 1.807) is 0 Å². The Morgan fingerprint density at radius 2 is 2.24 bits per heavy atom. The van der Waals surface area contributed by atoms with Gasteiger partial charge in [-0.15, -0.1) is 0 Å². The lowest BCUT2D eigenvalue weighted by Crippen LogP contribution is -2.31. The van der Waals surface area contributed by atoms with Gasteiger partial charge in [0, 0.05) is 5.02 Å². The van der Waals surface area contributed by atoms with Crippen molar-refractivity contribution in [2.24, 2.45) is 5.92 Å². The maximum atomic E-state index is 6.12. The van der Waals surface area contributed by atoms with Crippen LogP contribution in [0.25, 0.3) is 0 Å². The summed E-state index contributed by atoms with van der Waals surface area (Å²) in [5.41, 5.74) is 2.90. The highest BCUT2D eigenvalue weighted by Crippen LogP contribution is 2.27. The fourth-order valence-electron chi connectivity index (χ4n) is 2.72. The highest BCUT2D eigenvalue weighted by molar-refractivity contribution is 6.30. The average molecular weight is 252 g/mol. The van der Waals surface area contributed by atoms with Gasteiger partial charge in [0.1, 0.15) is 0 Å². The molecule has 0 saturated carbocycles. The number of rotatable bonds is 3. The standard InChI is InChI=1S/C15H22ClN/c1-11(2)15-6-5-14(16)9-13(15)8-12-4-3-7-17-10-12/h5-6,9,11-12,17H,3-4,7-8,10H2,1-2H3. The van der Waals surface area contributed by atoms with Crippen LogP contribution in [-0.4, -0.2) is 13.1 Å². The molecule has 17 heavy (non-hydrogen) atoms. The molecule has 1 aliphatic heterocycles. The summed E-state index contributed by atoms with van der Waals surface area (Å²) in [6.07, 6.45) is 3.82. The third kappa shape index (κ3) is 3.46. The van der Waals surface area contributed by atoms with Crippen LogP contribution in [0.3, 0.4) is 0 Å². The van der Waals surface area contributed by atoms with Crippen molar-refractivity contribution in [3.63, 3.8) is 0 Å². The van der Waals surface area contributed by atoms with E-state index in [0.717, 1.165) is 17.5 Å². The summed E-state index contributed by atoms with van der Waals surface area (Å²) in [7, 11) is 0. The van der Waals surface area contributed by atoms with E-state index in [-0.39, 0.29) is 0 Å². The van der Waals surface area contributed by atoms with Gasteiger partial charge in [0.15, 0.2) is 0 Å². The quantitative estimate of drug-likeness (QED) is 0.856. The molecule has 1 nitrogen and oxygen atoms in total. The third-order valence-electron chi connectivity index (χ3n) is 3.63. The lowest BCUT2D eigenvalue weighted by Gasteiger charge is -2.24. The van der Waals surface area contributed by atoms with Crippen LogP contribution in [0.1, 0.15) is 43.7 Å². The van der Waals surface area contributed by atoms with E-state index in [2.05, 4.69) is 31.3 Å². The SMILES string of the molecule is CC(C)c1ccc(Cl)cc1CC1CCCNC1. The second-order valence-corrected chi connectivity index (χ2v) is 5.85. The number of halogens is 1. The summed E-state index contributed by atoms with van der Waals surface area (Å²) in [6, 6.07) is 6.36. The number of benzene rings is 1. The maximum absolute atomic E-state index is 6.12. The molecule has 94 valence electrons. The molecule has 0 aromatic heterocycles. The highest BCUT2D eigenvalue weighted by atomic mass is 35.5. The Labute approximate surface area is 110 Å². The van der Waals surface area contributed by atoms with Gasteiger partial charge in [0.05, 0.1) is 0 Å². The van der Waals surface area contributed by atoms with Crippen LogP contribution in [0.5, 0.6) is 0 Å². The van der Waals surface area contributed by atoms with Crippen LogP contribution in [0.15, 0.2) is 18.2 Å². The molecule has 1 unspecified atom stereocenters. The second-order valence-electron chi connectivity index (χ2n) is 5.41. The highest BCUT2D eigenvalue weighted by Gasteiger charge is 2.16. The van der Waals surface area contributed by atoms with Gasteiger partial charge in [-0.05, 0) is 67.4 Å². The summed E-state index contributed by atoms with van der Waals surface area (Å²) in [5, 5.41) is 4.35. The number of hydrogen-bond acceptors (Lipinski definition) is 1. The lowest BCUT2D eigenvalue weighted by atomic mass is 9.87. The van der Waals surface area contributed by atoms with E-state index in [1.165, 1.54) is 36.9 Å². The van der Waals surface area contributed by atoms with E-state index in [9.17, 15) is 0 Å². The van der Waals surface area contributed by atoms with Crippen LogP contribution in [0.2, 0.25) is 5.02 Å². The average Bonchev–Trinajstić information content (AvgIpc) is 2.30. The van der Waals surface area contributed by atoms with Gasteiger partial charge in [-0.2, -0.15) is 0 Å². The first-order valence-electron chi connectivity index (χ1n) is 6.66. The minimum atomic E-state index is 0.582. The molecule has 1 N–H and O–H groups in total. The first-order chi connectivity index (χ1) is 8.16. The Hall–Kier alpha value is -0.530. The van der Waals surface area contributed by atoms with E-state index in [0.29, 0.717) is 5.92 Å². The zero-order valence-electron chi connectivity index (χ0n) is 10.8. The monoisotopic (exact) mass is 251 g/mol. The zero-order valence-corrected chi connectivity index (χ0v) is 11.6. The van der Waals surface area contributed by atoms with Crippen LogP contribution >= 0.6 is 11.6 Å². The summed E-state index contributed by atoms with van der Waals surface area (Å²) < 4.78 is 0. The molecule has 0 spiro atoms. The summed E-state index contributed by atoms with van der Waals surface area (Å²) in [6.45, 7) is 6.85. The summed E-state index contributed by atoms with van der Waals surface area (Å²) in [5.74, 6) is 1.36. The van der Waals surface area contributed by atoms with Crippen LogP contribution in [0, 0.1) is 5.92 Å². The molecule has 1 fully saturated rings. The van der Waals surface area contributed by atoms with Crippen LogP contribution in [0.4, 0.5) is 0 Å². The fourth-order valence-corrected chi connectivity index (χ4v) is 2.92. The van der Waals surface area contributed by atoms with Crippen molar-refractivity contribution in [3.8, 4) is 0 Å². The van der Waals surface area contributed by atoms with E-state index in [4.69, 9.17) is 11.6 Å². The Morgan fingerprint density at radius 3 is 2.88 bits per heavy atom. The van der Waals surface area contributed by atoms with E-state index >= 15 is 0 Å². The van der Waals surface area contributed by atoms with E-state index in [1.807, 2.05) is 6.07 Å². The van der Waals surface area contributed by atoms with Gasteiger partial charge in [0.25, 0.3) is 0 Å². The predicted octanol–water partition coefficient (Wildman–Crippen LogP) is 4.01. The maximum Gasteiger partial charge on any atom is 0.0408 e. The first kappa shape index (κ1) is 12.9. The summed E-state index contributed by atoms with van der Waals surface area (Å²) in [4.78, 5) is 0. The molecule has 2 heteroatoms. The minimum Gasteiger partial charge on any atom is -0.316 e. The molecule has 1 atom stereocenters. The largest absolute Gasteiger partial charge is 0.316 e. The van der Waals surface area contributed by atoms with Gasteiger partial charge in [-0.25, -0.2) is 0 Å². The van der Waals surface area contributed by atoms with Gasteiger partial charge < -0.3 is 5.32 Å². The third-order valence-corrected chi connectivity index (χ3v) is 3.87. The van der Waals surface area contributed by atoms with Crippen molar-refractivity contribution < 1.29 is 0 Å². The Balaban J connectivity index is 2.14. The molecule has 0 amide bonds. The zero-order chi connectivity index (χ0) is 12.3. The van der Waals surface area contributed by atoms with Crippen molar-refractivity contribution >= 4 is 11.6 Å². The van der Waals surface area contributed by atoms with Crippen molar-refractivity contribution in [2.45, 2.75) is 39.0 Å². The fraction of sp³-hybridized carbons (Fsp3) is 0.600. The molecule has 0 radical (unpaired) electrons. The first-order valence-corrected chi connectivity index (χ1v) is 7.03. The van der Waals surface area contributed by atoms with Crippen LogP contribution < -0.4 is 5.32 Å². The summed E-state index contributed by atoms with van der Waals surface area (Å²) >= 11 is 6.12. The second kappa shape index (κ2) is 5.88. The molecule has 1 aliphatic rings. The lowest BCUT2D eigenvalue weighted by molar-refractivity contribution is 0.375. The van der Waals surface area contributed by atoms with Crippen molar-refractivity contribution in [1.82, 2.24) is 5.32 Å². The molecule has 1 saturated heterocycles. The number of piperidine rings is 1. The van der Waals surface area contributed by atoms with E-state index < -0.39 is 0 Å². The number of hydrogen-bond donors (Lipinski definition) is 1. The number of nitrogens with one attached hydrogen (secondary N) is 1. The van der Waals surface area contributed by atoms with Gasteiger partial charge in [0.2, 0.25) is 0 Å². The molecule has 1 aromatic carbocycles. The normalized spacial score (nSPS) is 20.8. The molecule has 1 aromatic rings. The molecule has 1 heterocycles. The molecular weight excluding hydrogens is 230 g/mol. The predicted molar refractivity (Wildman–Crippen MR) is 74.8 cm³/mol. The Bertz CT molecular complexity index is 367. The smallest absolute Gasteiger partial charge is 0.0408 e. The van der Waals surface area contributed by atoms with Gasteiger partial charge in [-0.1, -0.05) is 31.5 Å². The molecule has 0 aliphatic carbocycles.